The number of aromatic nitrogens is 1. The summed E-state index contributed by atoms with van der Waals surface area (Å²) in [5.41, 5.74) is 1.72. The van der Waals surface area contributed by atoms with E-state index in [1.54, 1.807) is 12.3 Å². The van der Waals surface area contributed by atoms with Crippen LogP contribution in [-0.4, -0.2) is 22.1 Å². The number of hydrogen-bond donors (Lipinski definition) is 2. The van der Waals surface area contributed by atoms with Crippen LogP contribution in [0.5, 0.6) is 0 Å². The van der Waals surface area contributed by atoms with Crippen LogP contribution in [0.25, 0.3) is 0 Å². The van der Waals surface area contributed by atoms with Crippen LogP contribution in [0.2, 0.25) is 0 Å². The molecule has 4 nitrogen and oxygen atoms in total. The molecule has 80 valence electrons. The van der Waals surface area contributed by atoms with E-state index in [-0.39, 0.29) is 5.92 Å². The first-order valence-corrected chi connectivity index (χ1v) is 5.09. The van der Waals surface area contributed by atoms with E-state index in [2.05, 4.69) is 10.3 Å². The van der Waals surface area contributed by atoms with Crippen LogP contribution in [0.15, 0.2) is 18.3 Å². The van der Waals surface area contributed by atoms with Crippen molar-refractivity contribution in [3.63, 3.8) is 0 Å². The number of carboxylic acid groups (broad SMARTS) is 1. The molecule has 0 aromatic carbocycles. The summed E-state index contributed by atoms with van der Waals surface area (Å²) < 4.78 is 0. The zero-order valence-corrected chi connectivity index (χ0v) is 8.60. The standard InChI is InChI=1S/C11H14N2O2/c1-7-6-9(4-5-12-7)13-10(11(14)15)8-2-3-8/h4-6,8,10H,2-3H2,1H3,(H,12,13)(H,14,15). The van der Waals surface area contributed by atoms with Gasteiger partial charge in [-0.1, -0.05) is 0 Å². The van der Waals surface area contributed by atoms with Crippen molar-refractivity contribution < 1.29 is 9.90 Å². The Morgan fingerprint density at radius 1 is 1.67 bits per heavy atom. The third-order valence-electron chi connectivity index (χ3n) is 2.58. The van der Waals surface area contributed by atoms with Gasteiger partial charge >= 0.3 is 5.97 Å². The highest BCUT2D eigenvalue weighted by Gasteiger charge is 2.36. The number of anilines is 1. The van der Waals surface area contributed by atoms with Gasteiger partial charge in [0.15, 0.2) is 0 Å². The van der Waals surface area contributed by atoms with Gasteiger partial charge in [0.1, 0.15) is 6.04 Å². The number of nitrogens with zero attached hydrogens (tertiary/aromatic N) is 1. The van der Waals surface area contributed by atoms with Crippen LogP contribution in [0.3, 0.4) is 0 Å². The van der Waals surface area contributed by atoms with Crippen LogP contribution in [0, 0.1) is 12.8 Å². The fraction of sp³-hybridized carbons (Fsp3) is 0.455. The maximum Gasteiger partial charge on any atom is 0.326 e. The molecule has 0 saturated heterocycles. The summed E-state index contributed by atoms with van der Waals surface area (Å²) in [5.74, 6) is -0.483. The summed E-state index contributed by atoms with van der Waals surface area (Å²) in [4.78, 5) is 15.1. The van der Waals surface area contributed by atoms with Gasteiger partial charge in [0.25, 0.3) is 0 Å². The second-order valence-electron chi connectivity index (χ2n) is 3.98. The van der Waals surface area contributed by atoms with Gasteiger partial charge in [-0.05, 0) is 37.8 Å². The molecule has 0 aliphatic heterocycles. The van der Waals surface area contributed by atoms with E-state index in [0.29, 0.717) is 0 Å². The number of pyridine rings is 1. The molecular formula is C11H14N2O2. The Labute approximate surface area is 88.3 Å². The van der Waals surface area contributed by atoms with Crippen molar-refractivity contribution in [2.75, 3.05) is 5.32 Å². The molecule has 2 N–H and O–H groups in total. The first kappa shape index (κ1) is 9.96. The van der Waals surface area contributed by atoms with Crippen LogP contribution in [0.1, 0.15) is 18.5 Å². The summed E-state index contributed by atoms with van der Waals surface area (Å²) >= 11 is 0. The zero-order chi connectivity index (χ0) is 10.8. The number of rotatable bonds is 4. The number of aliphatic carboxylic acids is 1. The lowest BCUT2D eigenvalue weighted by Gasteiger charge is -2.14. The molecule has 1 heterocycles. The smallest absolute Gasteiger partial charge is 0.326 e. The maximum absolute atomic E-state index is 11.0. The van der Waals surface area contributed by atoms with Gasteiger partial charge in [0.05, 0.1) is 0 Å². The molecule has 0 spiro atoms. The predicted octanol–water partition coefficient (Wildman–Crippen LogP) is 1.67. The van der Waals surface area contributed by atoms with Crippen molar-refractivity contribution in [1.82, 2.24) is 4.98 Å². The Morgan fingerprint density at radius 2 is 2.40 bits per heavy atom. The third-order valence-corrected chi connectivity index (χ3v) is 2.58. The molecule has 1 aromatic heterocycles. The van der Waals surface area contributed by atoms with Gasteiger partial charge in [0.2, 0.25) is 0 Å². The minimum Gasteiger partial charge on any atom is -0.480 e. The van der Waals surface area contributed by atoms with E-state index >= 15 is 0 Å². The highest BCUT2D eigenvalue weighted by Crippen LogP contribution is 2.34. The molecule has 15 heavy (non-hydrogen) atoms. The first-order chi connectivity index (χ1) is 7.16. The van der Waals surface area contributed by atoms with E-state index in [1.807, 2.05) is 13.0 Å². The number of carbonyl (C=O) groups is 1. The topological polar surface area (TPSA) is 62.2 Å². The average Bonchev–Trinajstić information content (AvgIpc) is 2.97. The Bertz CT molecular complexity index is 375. The summed E-state index contributed by atoms with van der Waals surface area (Å²) in [6, 6.07) is 3.20. The summed E-state index contributed by atoms with van der Waals surface area (Å²) in [6.07, 6.45) is 3.70. The molecule has 1 aliphatic carbocycles. The molecule has 0 bridgehead atoms. The number of aryl methyl sites for hydroxylation is 1. The normalized spacial score (nSPS) is 17.1. The summed E-state index contributed by atoms with van der Waals surface area (Å²) in [6.45, 7) is 1.89. The number of nitrogens with one attached hydrogen (secondary N) is 1. The second kappa shape index (κ2) is 3.88. The van der Waals surface area contributed by atoms with Gasteiger partial charge in [0, 0.05) is 17.6 Å². The molecule has 1 fully saturated rings. The van der Waals surface area contributed by atoms with Gasteiger partial charge in [-0.2, -0.15) is 0 Å². The SMILES string of the molecule is Cc1cc(NC(C(=O)O)C2CC2)ccn1. The molecule has 4 heteroatoms. The lowest BCUT2D eigenvalue weighted by atomic mass is 10.2. The minimum absolute atomic E-state index is 0.288. The summed E-state index contributed by atoms with van der Waals surface area (Å²) in [7, 11) is 0. The quantitative estimate of drug-likeness (QED) is 0.786. The zero-order valence-electron chi connectivity index (χ0n) is 8.60. The Kier molecular flexibility index (Phi) is 2.58. The van der Waals surface area contributed by atoms with Crippen molar-refractivity contribution in [1.29, 1.82) is 0 Å². The largest absolute Gasteiger partial charge is 0.480 e. The van der Waals surface area contributed by atoms with Gasteiger partial charge in [-0.3, -0.25) is 4.98 Å². The van der Waals surface area contributed by atoms with E-state index in [4.69, 9.17) is 5.11 Å². The Balaban J connectivity index is 2.08. The van der Waals surface area contributed by atoms with E-state index in [9.17, 15) is 4.79 Å². The molecule has 1 saturated carbocycles. The van der Waals surface area contributed by atoms with Crippen molar-refractivity contribution in [2.24, 2.45) is 5.92 Å². The molecule has 1 unspecified atom stereocenters. The summed E-state index contributed by atoms with van der Waals surface area (Å²) in [5, 5.41) is 12.1. The Hall–Kier alpha value is -1.58. The number of hydrogen-bond acceptors (Lipinski definition) is 3. The van der Waals surface area contributed by atoms with E-state index in [1.165, 1.54) is 0 Å². The minimum atomic E-state index is -0.771. The first-order valence-electron chi connectivity index (χ1n) is 5.09. The highest BCUT2D eigenvalue weighted by molar-refractivity contribution is 5.78. The molecule has 0 radical (unpaired) electrons. The van der Waals surface area contributed by atoms with Crippen LogP contribution >= 0.6 is 0 Å². The number of carboxylic acids is 1. The van der Waals surface area contributed by atoms with Crippen molar-refractivity contribution >= 4 is 11.7 Å². The monoisotopic (exact) mass is 206 g/mol. The van der Waals surface area contributed by atoms with Crippen molar-refractivity contribution in [2.45, 2.75) is 25.8 Å². The second-order valence-corrected chi connectivity index (χ2v) is 3.98. The van der Waals surface area contributed by atoms with E-state index in [0.717, 1.165) is 24.2 Å². The van der Waals surface area contributed by atoms with Crippen LogP contribution in [0.4, 0.5) is 5.69 Å². The Morgan fingerprint density at radius 3 is 2.93 bits per heavy atom. The average molecular weight is 206 g/mol. The molecule has 1 aromatic rings. The van der Waals surface area contributed by atoms with Gasteiger partial charge < -0.3 is 10.4 Å². The van der Waals surface area contributed by atoms with Crippen molar-refractivity contribution in [3.8, 4) is 0 Å². The fourth-order valence-electron chi connectivity index (χ4n) is 1.63. The predicted molar refractivity (Wildman–Crippen MR) is 56.7 cm³/mol. The fourth-order valence-corrected chi connectivity index (χ4v) is 1.63. The van der Waals surface area contributed by atoms with Gasteiger partial charge in [-0.15, -0.1) is 0 Å². The third kappa shape index (κ3) is 2.46. The maximum atomic E-state index is 11.0. The van der Waals surface area contributed by atoms with Crippen molar-refractivity contribution in [3.05, 3.63) is 24.0 Å². The van der Waals surface area contributed by atoms with Gasteiger partial charge in [-0.25, -0.2) is 4.79 Å². The molecule has 2 rings (SSSR count). The van der Waals surface area contributed by atoms with E-state index < -0.39 is 12.0 Å². The lowest BCUT2D eigenvalue weighted by Crippen LogP contribution is -2.31. The molecular weight excluding hydrogens is 192 g/mol. The molecule has 1 aliphatic rings. The van der Waals surface area contributed by atoms with Crippen LogP contribution in [-0.2, 0) is 4.79 Å². The molecule has 0 amide bonds. The highest BCUT2D eigenvalue weighted by atomic mass is 16.4. The molecule has 1 atom stereocenters. The lowest BCUT2D eigenvalue weighted by molar-refractivity contribution is -0.138. The van der Waals surface area contributed by atoms with Crippen LogP contribution < -0.4 is 5.32 Å².